The van der Waals surface area contributed by atoms with Crippen LogP contribution in [-0.4, -0.2) is 5.24 Å². The Morgan fingerprint density at radius 1 is 1.18 bits per heavy atom. The molecule has 0 N–H and O–H groups in total. The van der Waals surface area contributed by atoms with Crippen molar-refractivity contribution >= 4 is 16.8 Å². The molecular formula is C9H15ClO. The molecule has 0 aliphatic heterocycles. The van der Waals surface area contributed by atoms with E-state index in [1.807, 2.05) is 0 Å². The van der Waals surface area contributed by atoms with Crippen LogP contribution in [0.1, 0.15) is 33.1 Å². The summed E-state index contributed by atoms with van der Waals surface area (Å²) < 4.78 is 0. The quantitative estimate of drug-likeness (QED) is 0.559. The van der Waals surface area contributed by atoms with Gasteiger partial charge in [-0.15, -0.1) is 0 Å². The van der Waals surface area contributed by atoms with Gasteiger partial charge in [-0.25, -0.2) is 0 Å². The Balaban J connectivity index is 2.49. The molecule has 11 heavy (non-hydrogen) atoms. The fourth-order valence-corrected chi connectivity index (χ4v) is 2.31. The number of rotatable bonds is 1. The fourth-order valence-electron chi connectivity index (χ4n) is 2.13. The Morgan fingerprint density at radius 3 is 2.00 bits per heavy atom. The molecule has 0 aromatic rings. The van der Waals surface area contributed by atoms with E-state index in [-0.39, 0.29) is 11.2 Å². The van der Waals surface area contributed by atoms with Gasteiger partial charge in [-0.3, -0.25) is 4.79 Å². The summed E-state index contributed by atoms with van der Waals surface area (Å²) >= 11 is 5.45. The molecule has 1 aliphatic rings. The Kier molecular flexibility index (Phi) is 2.94. The van der Waals surface area contributed by atoms with Crippen LogP contribution < -0.4 is 0 Å². The van der Waals surface area contributed by atoms with Crippen molar-refractivity contribution in [1.29, 1.82) is 0 Å². The monoisotopic (exact) mass is 174 g/mol. The Labute approximate surface area is 73.1 Å². The lowest BCUT2D eigenvalue weighted by atomic mass is 9.77. The van der Waals surface area contributed by atoms with Crippen LogP contribution in [0, 0.1) is 17.8 Å². The zero-order chi connectivity index (χ0) is 8.43. The minimum Gasteiger partial charge on any atom is -0.281 e. The second-order valence-electron chi connectivity index (χ2n) is 3.92. The van der Waals surface area contributed by atoms with Crippen LogP contribution in [-0.2, 0) is 4.79 Å². The van der Waals surface area contributed by atoms with Crippen molar-refractivity contribution in [3.8, 4) is 0 Å². The first-order valence-corrected chi connectivity index (χ1v) is 4.66. The van der Waals surface area contributed by atoms with Gasteiger partial charge in [0.2, 0.25) is 5.24 Å². The SMILES string of the molecule is CC1CC(C)CC(C(=O)Cl)C1. The van der Waals surface area contributed by atoms with E-state index in [4.69, 9.17) is 11.6 Å². The van der Waals surface area contributed by atoms with Crippen LogP contribution in [0.2, 0.25) is 0 Å². The van der Waals surface area contributed by atoms with Gasteiger partial charge in [-0.05, 0) is 42.7 Å². The first kappa shape index (κ1) is 9.05. The molecule has 0 heterocycles. The van der Waals surface area contributed by atoms with Crippen molar-refractivity contribution in [3.05, 3.63) is 0 Å². The maximum Gasteiger partial charge on any atom is 0.224 e. The van der Waals surface area contributed by atoms with Gasteiger partial charge >= 0.3 is 0 Å². The van der Waals surface area contributed by atoms with Crippen molar-refractivity contribution < 1.29 is 4.79 Å². The summed E-state index contributed by atoms with van der Waals surface area (Å²) in [5, 5.41) is -0.136. The molecule has 0 aromatic heterocycles. The molecule has 1 fully saturated rings. The van der Waals surface area contributed by atoms with Gasteiger partial charge in [0.1, 0.15) is 0 Å². The summed E-state index contributed by atoms with van der Waals surface area (Å²) in [5.41, 5.74) is 0. The van der Waals surface area contributed by atoms with Gasteiger partial charge in [0.25, 0.3) is 0 Å². The van der Waals surface area contributed by atoms with Crippen molar-refractivity contribution in [2.24, 2.45) is 17.8 Å². The van der Waals surface area contributed by atoms with Crippen LogP contribution in [0.5, 0.6) is 0 Å². The topological polar surface area (TPSA) is 17.1 Å². The highest BCUT2D eigenvalue weighted by molar-refractivity contribution is 6.63. The zero-order valence-corrected chi connectivity index (χ0v) is 7.90. The molecule has 1 saturated carbocycles. The lowest BCUT2D eigenvalue weighted by Crippen LogP contribution is -2.23. The average molecular weight is 175 g/mol. The Bertz CT molecular complexity index is 146. The fraction of sp³-hybridized carbons (Fsp3) is 0.889. The third-order valence-corrected chi connectivity index (χ3v) is 2.81. The van der Waals surface area contributed by atoms with Gasteiger partial charge in [-0.1, -0.05) is 13.8 Å². The number of carbonyl (C=O) groups is 1. The maximum absolute atomic E-state index is 10.9. The number of halogens is 1. The first-order chi connectivity index (χ1) is 5.09. The third-order valence-electron chi connectivity index (χ3n) is 2.50. The van der Waals surface area contributed by atoms with Gasteiger partial charge < -0.3 is 0 Å². The predicted octanol–water partition coefficient (Wildman–Crippen LogP) is 2.82. The van der Waals surface area contributed by atoms with Crippen LogP contribution in [0.15, 0.2) is 0 Å². The molecule has 2 heteroatoms. The number of hydrogen-bond acceptors (Lipinski definition) is 1. The summed E-state index contributed by atoms with van der Waals surface area (Å²) in [5.74, 6) is 1.48. The third kappa shape index (κ3) is 2.48. The number of carbonyl (C=O) groups excluding carboxylic acids is 1. The molecule has 0 bridgehead atoms. The smallest absolute Gasteiger partial charge is 0.224 e. The molecule has 0 saturated heterocycles. The van der Waals surface area contributed by atoms with Gasteiger partial charge in [0.15, 0.2) is 0 Å². The molecule has 1 nitrogen and oxygen atoms in total. The summed E-state index contributed by atoms with van der Waals surface area (Å²) in [6, 6.07) is 0. The second-order valence-corrected chi connectivity index (χ2v) is 4.29. The van der Waals surface area contributed by atoms with Crippen LogP contribution in [0.3, 0.4) is 0 Å². The largest absolute Gasteiger partial charge is 0.281 e. The van der Waals surface area contributed by atoms with Crippen LogP contribution in [0.4, 0.5) is 0 Å². The van der Waals surface area contributed by atoms with Gasteiger partial charge in [0, 0.05) is 5.92 Å². The first-order valence-electron chi connectivity index (χ1n) is 4.29. The van der Waals surface area contributed by atoms with Crippen molar-refractivity contribution in [3.63, 3.8) is 0 Å². The molecule has 0 radical (unpaired) electrons. The highest BCUT2D eigenvalue weighted by Crippen LogP contribution is 2.33. The van der Waals surface area contributed by atoms with Gasteiger partial charge in [0.05, 0.1) is 0 Å². The van der Waals surface area contributed by atoms with E-state index in [1.165, 1.54) is 6.42 Å². The van der Waals surface area contributed by atoms with Crippen molar-refractivity contribution in [1.82, 2.24) is 0 Å². The van der Waals surface area contributed by atoms with Crippen molar-refractivity contribution in [2.45, 2.75) is 33.1 Å². The summed E-state index contributed by atoms with van der Waals surface area (Å²) in [6.45, 7) is 4.39. The zero-order valence-electron chi connectivity index (χ0n) is 7.14. The molecular weight excluding hydrogens is 160 g/mol. The molecule has 1 rings (SSSR count). The standard InChI is InChI=1S/C9H15ClO/c1-6-3-7(2)5-8(4-6)9(10)11/h6-8H,3-5H2,1-2H3. The lowest BCUT2D eigenvalue weighted by Gasteiger charge is -2.28. The second kappa shape index (κ2) is 3.57. The normalized spacial score (nSPS) is 38.6. The summed E-state index contributed by atoms with van der Waals surface area (Å²) in [6.07, 6.45) is 3.24. The molecule has 0 spiro atoms. The van der Waals surface area contributed by atoms with Gasteiger partial charge in [-0.2, -0.15) is 0 Å². The Morgan fingerprint density at radius 2 is 1.64 bits per heavy atom. The van der Waals surface area contributed by atoms with Crippen LogP contribution >= 0.6 is 11.6 Å². The predicted molar refractivity (Wildman–Crippen MR) is 46.5 cm³/mol. The molecule has 0 aromatic carbocycles. The molecule has 64 valence electrons. The van der Waals surface area contributed by atoms with E-state index in [0.29, 0.717) is 11.8 Å². The minimum absolute atomic E-state index is 0.135. The minimum atomic E-state index is -0.136. The van der Waals surface area contributed by atoms with Crippen LogP contribution in [0.25, 0.3) is 0 Å². The summed E-state index contributed by atoms with van der Waals surface area (Å²) in [7, 11) is 0. The highest BCUT2D eigenvalue weighted by atomic mass is 35.5. The lowest BCUT2D eigenvalue weighted by molar-refractivity contribution is -0.116. The molecule has 0 amide bonds. The van der Waals surface area contributed by atoms with Crippen molar-refractivity contribution in [2.75, 3.05) is 0 Å². The van der Waals surface area contributed by atoms with E-state index >= 15 is 0 Å². The average Bonchev–Trinajstić information content (AvgIpc) is 1.85. The van der Waals surface area contributed by atoms with E-state index in [0.717, 1.165) is 12.8 Å². The molecule has 2 unspecified atom stereocenters. The van der Waals surface area contributed by atoms with E-state index < -0.39 is 0 Å². The number of hydrogen-bond donors (Lipinski definition) is 0. The Hall–Kier alpha value is -0.0400. The summed E-state index contributed by atoms with van der Waals surface area (Å²) in [4.78, 5) is 10.9. The van der Waals surface area contributed by atoms with E-state index in [2.05, 4.69) is 13.8 Å². The molecule has 1 aliphatic carbocycles. The molecule has 2 atom stereocenters. The van der Waals surface area contributed by atoms with E-state index in [9.17, 15) is 4.79 Å². The van der Waals surface area contributed by atoms with E-state index in [1.54, 1.807) is 0 Å². The highest BCUT2D eigenvalue weighted by Gasteiger charge is 2.27. The maximum atomic E-state index is 10.9.